The average Bonchev–Trinajstić information content (AvgIpc) is 3.32. The third-order valence-electron chi connectivity index (χ3n) is 3.86. The number of hydrogen-bond donors (Lipinski definition) is 1. The Morgan fingerprint density at radius 2 is 1.76 bits per heavy atom. The summed E-state index contributed by atoms with van der Waals surface area (Å²) in [6.07, 6.45) is 6.69. The van der Waals surface area contributed by atoms with Crippen LogP contribution in [0.2, 0.25) is 0 Å². The highest BCUT2D eigenvalue weighted by molar-refractivity contribution is 5.27. The minimum Gasteiger partial charge on any atom is -0.373 e. The number of rotatable bonds is 10. The normalized spacial score (nSPS) is 14.6. The summed E-state index contributed by atoms with van der Waals surface area (Å²) in [5.41, 5.74) is 3.76. The molecule has 1 aliphatic carbocycles. The van der Waals surface area contributed by atoms with Crippen LogP contribution in [-0.2, 0) is 30.6 Å². The number of aryl methyl sites for hydroxylation is 2. The third-order valence-corrected chi connectivity index (χ3v) is 3.86. The van der Waals surface area contributed by atoms with Crippen LogP contribution in [0.25, 0.3) is 0 Å². The van der Waals surface area contributed by atoms with Crippen molar-refractivity contribution in [3.05, 3.63) is 22.8 Å². The second-order valence-electron chi connectivity index (χ2n) is 5.75. The maximum atomic E-state index is 5.59. The van der Waals surface area contributed by atoms with Gasteiger partial charge in [0, 0.05) is 24.0 Å². The van der Waals surface area contributed by atoms with Crippen LogP contribution < -0.4 is 5.32 Å². The summed E-state index contributed by atoms with van der Waals surface area (Å²) in [5.74, 6) is 0.844. The van der Waals surface area contributed by atoms with Gasteiger partial charge in [-0.1, -0.05) is 20.8 Å². The smallest absolute Gasteiger partial charge is 0.154 e. The van der Waals surface area contributed by atoms with Gasteiger partial charge in [0.25, 0.3) is 0 Å². The average molecular weight is 291 g/mol. The van der Waals surface area contributed by atoms with E-state index in [-0.39, 0.29) is 0 Å². The maximum absolute atomic E-state index is 5.59. The lowest BCUT2D eigenvalue weighted by atomic mass is 10.0. The van der Waals surface area contributed by atoms with Gasteiger partial charge >= 0.3 is 0 Å². The molecule has 0 saturated heterocycles. The van der Waals surface area contributed by atoms with Gasteiger partial charge in [-0.3, -0.25) is 0 Å². The van der Waals surface area contributed by atoms with Crippen LogP contribution in [-0.4, -0.2) is 29.2 Å². The number of nitrogens with one attached hydrogen (secondary N) is 1. The first-order valence-corrected chi connectivity index (χ1v) is 8.47. The predicted molar refractivity (Wildman–Crippen MR) is 85.5 cm³/mol. The van der Waals surface area contributed by atoms with E-state index in [1.165, 1.54) is 29.8 Å². The van der Waals surface area contributed by atoms with Gasteiger partial charge in [-0.2, -0.15) is 0 Å². The molecule has 0 unspecified atom stereocenters. The van der Waals surface area contributed by atoms with Crippen LogP contribution >= 0.6 is 0 Å². The molecule has 0 bridgehead atoms. The van der Waals surface area contributed by atoms with Gasteiger partial charge in [0.05, 0.1) is 0 Å². The third kappa shape index (κ3) is 5.04. The predicted octanol–water partition coefficient (Wildman–Crippen LogP) is 2.82. The van der Waals surface area contributed by atoms with E-state index in [9.17, 15) is 0 Å². The minimum atomic E-state index is 0.536. The van der Waals surface area contributed by atoms with Crippen LogP contribution in [0.1, 0.15) is 62.8 Å². The monoisotopic (exact) mass is 291 g/mol. The second-order valence-corrected chi connectivity index (χ2v) is 5.75. The van der Waals surface area contributed by atoms with Crippen LogP contribution in [0.15, 0.2) is 0 Å². The van der Waals surface area contributed by atoms with Crippen LogP contribution in [0.4, 0.5) is 0 Å². The van der Waals surface area contributed by atoms with Crippen molar-refractivity contribution in [2.45, 2.75) is 71.9 Å². The van der Waals surface area contributed by atoms with E-state index in [0.29, 0.717) is 6.61 Å². The van der Waals surface area contributed by atoms with E-state index in [1.807, 2.05) is 0 Å². The quantitative estimate of drug-likeness (QED) is 0.673. The number of aromatic nitrogens is 2. The summed E-state index contributed by atoms with van der Waals surface area (Å²) in [4.78, 5) is 9.44. The number of ether oxygens (including phenoxy) is 1. The fourth-order valence-electron chi connectivity index (χ4n) is 2.57. The zero-order chi connectivity index (χ0) is 15.1. The first-order valence-electron chi connectivity index (χ1n) is 8.47. The zero-order valence-electron chi connectivity index (χ0n) is 13.7. The van der Waals surface area contributed by atoms with Crippen molar-refractivity contribution in [1.29, 1.82) is 0 Å². The molecule has 0 aliphatic heterocycles. The molecule has 1 N–H and O–H groups in total. The molecule has 1 fully saturated rings. The summed E-state index contributed by atoms with van der Waals surface area (Å²) in [5, 5.41) is 3.58. The Hall–Kier alpha value is -1.00. The van der Waals surface area contributed by atoms with Crippen molar-refractivity contribution >= 4 is 0 Å². The van der Waals surface area contributed by atoms with Crippen molar-refractivity contribution in [2.75, 3.05) is 13.2 Å². The Balaban J connectivity index is 2.05. The fourth-order valence-corrected chi connectivity index (χ4v) is 2.57. The van der Waals surface area contributed by atoms with Crippen molar-refractivity contribution in [3.8, 4) is 0 Å². The Labute approximate surface area is 128 Å². The van der Waals surface area contributed by atoms with Gasteiger partial charge in [0.1, 0.15) is 6.61 Å². The molecule has 0 atom stereocenters. The molecule has 1 saturated carbocycles. The van der Waals surface area contributed by atoms with Gasteiger partial charge in [0.2, 0.25) is 0 Å². The molecule has 118 valence electrons. The fraction of sp³-hybridized carbons (Fsp3) is 0.765. The van der Waals surface area contributed by atoms with Gasteiger partial charge in [-0.25, -0.2) is 9.97 Å². The highest BCUT2D eigenvalue weighted by atomic mass is 16.5. The molecule has 0 aromatic carbocycles. The first kappa shape index (κ1) is 16.4. The van der Waals surface area contributed by atoms with Crippen LogP contribution in [0.5, 0.6) is 0 Å². The van der Waals surface area contributed by atoms with Crippen LogP contribution in [0, 0.1) is 0 Å². The Morgan fingerprint density at radius 3 is 2.29 bits per heavy atom. The van der Waals surface area contributed by atoms with Gasteiger partial charge in [0.15, 0.2) is 5.82 Å². The van der Waals surface area contributed by atoms with E-state index in [1.54, 1.807) is 0 Å². The Kier molecular flexibility index (Phi) is 6.58. The Morgan fingerprint density at radius 1 is 1.10 bits per heavy atom. The summed E-state index contributed by atoms with van der Waals surface area (Å²) in [7, 11) is 0. The summed E-state index contributed by atoms with van der Waals surface area (Å²) in [6, 6.07) is 0.766. The molecule has 21 heavy (non-hydrogen) atoms. The highest BCUT2D eigenvalue weighted by Gasteiger charge is 2.20. The molecular formula is C17H29N3O. The first-order chi connectivity index (χ1) is 10.3. The van der Waals surface area contributed by atoms with Crippen molar-refractivity contribution in [1.82, 2.24) is 15.3 Å². The van der Waals surface area contributed by atoms with Gasteiger partial charge < -0.3 is 10.1 Å². The second kappa shape index (κ2) is 8.44. The van der Waals surface area contributed by atoms with Gasteiger partial charge in [-0.05, 0) is 50.6 Å². The van der Waals surface area contributed by atoms with E-state index in [4.69, 9.17) is 14.7 Å². The van der Waals surface area contributed by atoms with Crippen molar-refractivity contribution in [3.63, 3.8) is 0 Å². The van der Waals surface area contributed by atoms with Crippen molar-refractivity contribution in [2.24, 2.45) is 0 Å². The van der Waals surface area contributed by atoms with Crippen LogP contribution in [0.3, 0.4) is 0 Å². The molecular weight excluding hydrogens is 262 g/mol. The number of hydrogen-bond acceptors (Lipinski definition) is 4. The molecule has 0 amide bonds. The summed E-state index contributed by atoms with van der Waals surface area (Å²) >= 11 is 0. The Bertz CT molecular complexity index is 419. The highest BCUT2D eigenvalue weighted by Crippen LogP contribution is 2.19. The summed E-state index contributed by atoms with van der Waals surface area (Å²) in [6.45, 7) is 8.83. The molecule has 1 aromatic heterocycles. The SMILES string of the molecule is CCCOCc1nc(CC)c(CCNC2CC2)c(CC)n1. The maximum Gasteiger partial charge on any atom is 0.154 e. The molecule has 2 rings (SSSR count). The lowest BCUT2D eigenvalue weighted by Gasteiger charge is -2.14. The molecule has 1 aliphatic rings. The van der Waals surface area contributed by atoms with E-state index in [0.717, 1.165) is 50.7 Å². The topological polar surface area (TPSA) is 47.0 Å². The molecule has 0 spiro atoms. The molecule has 1 heterocycles. The molecule has 1 aromatic rings. The van der Waals surface area contributed by atoms with E-state index < -0.39 is 0 Å². The molecule has 4 nitrogen and oxygen atoms in total. The largest absolute Gasteiger partial charge is 0.373 e. The van der Waals surface area contributed by atoms with Crippen molar-refractivity contribution < 1.29 is 4.74 Å². The zero-order valence-corrected chi connectivity index (χ0v) is 13.7. The van der Waals surface area contributed by atoms with E-state index >= 15 is 0 Å². The molecule has 0 radical (unpaired) electrons. The molecule has 4 heteroatoms. The lowest BCUT2D eigenvalue weighted by Crippen LogP contribution is -2.21. The lowest BCUT2D eigenvalue weighted by molar-refractivity contribution is 0.115. The standard InChI is InChI=1S/C17H29N3O/c1-4-11-21-12-17-19-15(5-2)14(16(6-3)20-17)9-10-18-13-7-8-13/h13,18H,4-12H2,1-3H3. The van der Waals surface area contributed by atoms with Gasteiger partial charge in [-0.15, -0.1) is 0 Å². The van der Waals surface area contributed by atoms with E-state index in [2.05, 4.69) is 26.1 Å². The number of nitrogens with zero attached hydrogens (tertiary/aromatic N) is 2. The minimum absolute atomic E-state index is 0.536. The summed E-state index contributed by atoms with van der Waals surface area (Å²) < 4.78 is 5.59.